The van der Waals surface area contributed by atoms with E-state index in [0.717, 1.165) is 24.9 Å². The molecule has 0 bridgehead atoms. The van der Waals surface area contributed by atoms with Gasteiger partial charge in [0.2, 0.25) is 0 Å². The van der Waals surface area contributed by atoms with Crippen LogP contribution in [0.2, 0.25) is 0 Å². The number of nitrogens with zero attached hydrogens (tertiary/aromatic N) is 1. The van der Waals surface area contributed by atoms with E-state index in [1.165, 1.54) is 5.56 Å². The lowest BCUT2D eigenvalue weighted by molar-refractivity contribution is -0.0900. The Bertz CT molecular complexity index is 407. The van der Waals surface area contributed by atoms with E-state index in [0.29, 0.717) is 17.8 Å². The monoisotopic (exact) mass is 248 g/mol. The van der Waals surface area contributed by atoms with Gasteiger partial charge in [0.25, 0.3) is 0 Å². The van der Waals surface area contributed by atoms with Crippen LogP contribution >= 0.6 is 0 Å². The fourth-order valence-electron chi connectivity index (χ4n) is 3.58. The van der Waals surface area contributed by atoms with E-state index in [2.05, 4.69) is 25.8 Å². The van der Waals surface area contributed by atoms with E-state index in [1.807, 2.05) is 12.3 Å². The van der Waals surface area contributed by atoms with Crippen LogP contribution < -0.4 is 5.73 Å². The highest BCUT2D eigenvalue weighted by Gasteiger charge is 2.43. The predicted octanol–water partition coefficient (Wildman–Crippen LogP) is 2.95. The summed E-state index contributed by atoms with van der Waals surface area (Å²) in [6, 6.07) is 2.02. The standard InChI is InChI=1S/C15H24N2O/c1-4-15(18)10(2)7-12(8-11(15)3)13-5-6-17-9-14(13)16/h5-6,9-12,18H,4,7-8,16H2,1-3H3/t10-,11+,12?,15?. The zero-order valence-electron chi connectivity index (χ0n) is 11.6. The molecule has 0 aliphatic heterocycles. The van der Waals surface area contributed by atoms with Gasteiger partial charge in [-0.2, -0.15) is 0 Å². The maximum absolute atomic E-state index is 10.7. The summed E-state index contributed by atoms with van der Waals surface area (Å²) in [7, 11) is 0. The molecule has 0 aromatic carbocycles. The fraction of sp³-hybridized carbons (Fsp3) is 0.667. The Morgan fingerprint density at radius 3 is 2.50 bits per heavy atom. The number of hydrogen-bond acceptors (Lipinski definition) is 3. The number of aromatic nitrogens is 1. The SMILES string of the molecule is CCC1(O)[C@H](C)CC(c2ccncc2N)C[C@@H]1C. The third-order valence-electron chi connectivity index (χ3n) is 4.88. The molecule has 2 rings (SSSR count). The van der Waals surface area contributed by atoms with Crippen molar-refractivity contribution in [2.45, 2.75) is 51.6 Å². The zero-order chi connectivity index (χ0) is 13.3. The van der Waals surface area contributed by atoms with Crippen LogP contribution in [0.15, 0.2) is 18.5 Å². The first-order valence-electron chi connectivity index (χ1n) is 6.90. The van der Waals surface area contributed by atoms with Crippen molar-refractivity contribution in [3.8, 4) is 0 Å². The maximum atomic E-state index is 10.7. The van der Waals surface area contributed by atoms with Crippen molar-refractivity contribution >= 4 is 5.69 Å². The minimum Gasteiger partial charge on any atom is -0.397 e. The Morgan fingerprint density at radius 2 is 2.00 bits per heavy atom. The highest BCUT2D eigenvalue weighted by Crippen LogP contribution is 2.47. The zero-order valence-corrected chi connectivity index (χ0v) is 11.6. The van der Waals surface area contributed by atoms with Gasteiger partial charge in [-0.3, -0.25) is 4.98 Å². The molecule has 4 atom stereocenters. The van der Waals surface area contributed by atoms with Crippen LogP contribution in [0.1, 0.15) is 51.5 Å². The molecular weight excluding hydrogens is 224 g/mol. The second-order valence-corrected chi connectivity index (χ2v) is 5.82. The molecule has 1 heterocycles. The maximum Gasteiger partial charge on any atom is 0.0696 e. The Kier molecular flexibility index (Phi) is 3.62. The minimum absolute atomic E-state index is 0.309. The summed E-state index contributed by atoms with van der Waals surface area (Å²) in [6.07, 6.45) is 6.37. The van der Waals surface area contributed by atoms with Crippen LogP contribution in [0.25, 0.3) is 0 Å². The van der Waals surface area contributed by atoms with Crippen molar-refractivity contribution in [2.24, 2.45) is 11.8 Å². The van der Waals surface area contributed by atoms with Crippen LogP contribution in [0.5, 0.6) is 0 Å². The Hall–Kier alpha value is -1.09. The highest BCUT2D eigenvalue weighted by molar-refractivity contribution is 5.46. The molecule has 2 unspecified atom stereocenters. The van der Waals surface area contributed by atoms with Gasteiger partial charge in [0.15, 0.2) is 0 Å². The summed E-state index contributed by atoms with van der Waals surface area (Å²) >= 11 is 0. The number of nitrogen functional groups attached to an aromatic ring is 1. The summed E-state index contributed by atoms with van der Waals surface area (Å²) in [6.45, 7) is 6.39. The van der Waals surface area contributed by atoms with Crippen molar-refractivity contribution in [1.82, 2.24) is 4.98 Å². The molecule has 1 fully saturated rings. The second-order valence-electron chi connectivity index (χ2n) is 5.82. The smallest absolute Gasteiger partial charge is 0.0696 e. The van der Waals surface area contributed by atoms with Crippen LogP contribution in [0.4, 0.5) is 5.69 Å². The molecule has 1 aromatic heterocycles. The van der Waals surface area contributed by atoms with E-state index >= 15 is 0 Å². The quantitative estimate of drug-likeness (QED) is 0.846. The van der Waals surface area contributed by atoms with Gasteiger partial charge in [-0.05, 0) is 48.6 Å². The van der Waals surface area contributed by atoms with Gasteiger partial charge in [0.1, 0.15) is 0 Å². The van der Waals surface area contributed by atoms with E-state index in [9.17, 15) is 5.11 Å². The molecule has 0 radical (unpaired) electrons. The molecule has 3 N–H and O–H groups in total. The minimum atomic E-state index is -0.516. The van der Waals surface area contributed by atoms with Crippen molar-refractivity contribution in [3.05, 3.63) is 24.0 Å². The second kappa shape index (κ2) is 4.88. The molecule has 1 aromatic rings. The number of nitrogens with two attached hydrogens (primary N) is 1. The van der Waals surface area contributed by atoms with Gasteiger partial charge in [0, 0.05) is 6.20 Å². The molecule has 0 spiro atoms. The Balaban J connectivity index is 2.23. The molecule has 0 saturated heterocycles. The molecule has 18 heavy (non-hydrogen) atoms. The summed E-state index contributed by atoms with van der Waals surface area (Å²) in [5, 5.41) is 10.7. The van der Waals surface area contributed by atoms with Crippen molar-refractivity contribution < 1.29 is 5.11 Å². The molecular formula is C15H24N2O. The van der Waals surface area contributed by atoms with E-state index < -0.39 is 5.60 Å². The number of rotatable bonds is 2. The van der Waals surface area contributed by atoms with E-state index in [-0.39, 0.29) is 0 Å². The summed E-state index contributed by atoms with van der Waals surface area (Å²) in [5.74, 6) is 1.07. The van der Waals surface area contributed by atoms with Crippen LogP contribution in [0.3, 0.4) is 0 Å². The molecule has 1 aliphatic carbocycles. The first-order chi connectivity index (χ1) is 8.49. The van der Waals surface area contributed by atoms with Gasteiger partial charge in [-0.1, -0.05) is 20.8 Å². The molecule has 3 heteroatoms. The third kappa shape index (κ3) is 2.12. The van der Waals surface area contributed by atoms with Gasteiger partial charge in [-0.15, -0.1) is 0 Å². The van der Waals surface area contributed by atoms with Gasteiger partial charge < -0.3 is 10.8 Å². The average molecular weight is 248 g/mol. The molecule has 1 saturated carbocycles. The fourth-order valence-corrected chi connectivity index (χ4v) is 3.58. The summed E-state index contributed by atoms with van der Waals surface area (Å²) in [4.78, 5) is 4.05. The van der Waals surface area contributed by atoms with E-state index in [1.54, 1.807) is 6.20 Å². The van der Waals surface area contributed by atoms with Gasteiger partial charge in [0.05, 0.1) is 17.5 Å². The normalized spacial score (nSPS) is 36.6. The van der Waals surface area contributed by atoms with Gasteiger partial charge >= 0.3 is 0 Å². The van der Waals surface area contributed by atoms with Crippen molar-refractivity contribution in [2.75, 3.05) is 5.73 Å². The Labute approximate surface area is 109 Å². The molecule has 3 nitrogen and oxygen atoms in total. The van der Waals surface area contributed by atoms with Crippen LogP contribution in [0, 0.1) is 11.8 Å². The number of anilines is 1. The topological polar surface area (TPSA) is 59.1 Å². The molecule has 100 valence electrons. The number of aliphatic hydroxyl groups is 1. The largest absolute Gasteiger partial charge is 0.397 e. The van der Waals surface area contributed by atoms with Crippen LogP contribution in [-0.4, -0.2) is 15.7 Å². The number of pyridine rings is 1. The lowest BCUT2D eigenvalue weighted by Crippen LogP contribution is -2.47. The first kappa shape index (κ1) is 13.3. The average Bonchev–Trinajstić information content (AvgIpc) is 2.36. The number of hydrogen-bond donors (Lipinski definition) is 2. The van der Waals surface area contributed by atoms with Crippen LogP contribution in [-0.2, 0) is 0 Å². The summed E-state index contributed by atoms with van der Waals surface area (Å²) in [5.41, 5.74) is 7.48. The Morgan fingerprint density at radius 1 is 1.39 bits per heavy atom. The van der Waals surface area contributed by atoms with Crippen molar-refractivity contribution in [3.63, 3.8) is 0 Å². The highest BCUT2D eigenvalue weighted by atomic mass is 16.3. The third-order valence-corrected chi connectivity index (χ3v) is 4.88. The lowest BCUT2D eigenvalue weighted by Gasteiger charge is -2.46. The molecule has 0 amide bonds. The molecule has 1 aliphatic rings. The summed E-state index contributed by atoms with van der Waals surface area (Å²) < 4.78 is 0. The lowest BCUT2D eigenvalue weighted by atomic mass is 9.63. The van der Waals surface area contributed by atoms with Gasteiger partial charge in [-0.25, -0.2) is 0 Å². The predicted molar refractivity (Wildman–Crippen MR) is 74.2 cm³/mol. The van der Waals surface area contributed by atoms with E-state index in [4.69, 9.17) is 5.73 Å². The van der Waals surface area contributed by atoms with Crippen molar-refractivity contribution in [1.29, 1.82) is 0 Å². The first-order valence-corrected chi connectivity index (χ1v) is 6.90.